The number of rotatable bonds is 4. The number of hydrogen-bond acceptors (Lipinski definition) is 3. The SMILES string of the molecule is CC(C)(C)C(=O)CN1CCC(CCO)CC1. The van der Waals surface area contributed by atoms with Gasteiger partial charge in [-0.05, 0) is 38.3 Å². The molecule has 0 aliphatic carbocycles. The van der Waals surface area contributed by atoms with Gasteiger partial charge < -0.3 is 5.11 Å². The molecule has 1 saturated heterocycles. The van der Waals surface area contributed by atoms with E-state index in [0.29, 0.717) is 24.9 Å². The lowest BCUT2D eigenvalue weighted by Crippen LogP contribution is -2.40. The molecule has 0 aromatic carbocycles. The van der Waals surface area contributed by atoms with Crippen LogP contribution in [-0.2, 0) is 4.79 Å². The number of carbonyl (C=O) groups excluding carboxylic acids is 1. The van der Waals surface area contributed by atoms with Gasteiger partial charge in [-0.25, -0.2) is 0 Å². The first-order valence-electron chi connectivity index (χ1n) is 6.30. The zero-order valence-corrected chi connectivity index (χ0v) is 10.8. The average Bonchev–Trinajstić information content (AvgIpc) is 2.20. The van der Waals surface area contributed by atoms with E-state index >= 15 is 0 Å². The Bertz CT molecular complexity index is 225. The molecule has 3 nitrogen and oxygen atoms in total. The molecular weight excluding hydrogens is 202 g/mol. The third kappa shape index (κ3) is 4.22. The second-order valence-electron chi connectivity index (χ2n) is 5.90. The molecule has 0 amide bonds. The Morgan fingerprint density at radius 1 is 1.31 bits per heavy atom. The first-order chi connectivity index (χ1) is 7.43. The molecule has 1 heterocycles. The number of ketones is 1. The van der Waals surface area contributed by atoms with Crippen LogP contribution in [0.3, 0.4) is 0 Å². The summed E-state index contributed by atoms with van der Waals surface area (Å²) in [4.78, 5) is 14.1. The molecule has 0 radical (unpaired) electrons. The molecule has 94 valence electrons. The minimum atomic E-state index is -0.220. The Morgan fingerprint density at radius 3 is 2.31 bits per heavy atom. The van der Waals surface area contributed by atoms with E-state index in [9.17, 15) is 4.79 Å². The third-order valence-electron chi connectivity index (χ3n) is 3.45. The molecule has 0 spiro atoms. The van der Waals surface area contributed by atoms with Gasteiger partial charge in [0.15, 0.2) is 5.78 Å². The highest BCUT2D eigenvalue weighted by Crippen LogP contribution is 2.21. The topological polar surface area (TPSA) is 40.5 Å². The summed E-state index contributed by atoms with van der Waals surface area (Å²) in [5.74, 6) is 0.985. The molecular formula is C13H25NO2. The lowest BCUT2D eigenvalue weighted by Gasteiger charge is -2.32. The Morgan fingerprint density at radius 2 is 1.88 bits per heavy atom. The van der Waals surface area contributed by atoms with E-state index in [2.05, 4.69) is 4.90 Å². The highest BCUT2D eigenvalue weighted by atomic mass is 16.3. The second kappa shape index (κ2) is 5.78. The van der Waals surface area contributed by atoms with Crippen LogP contribution in [0.25, 0.3) is 0 Å². The predicted octanol–water partition coefficient (Wildman–Crippen LogP) is 1.70. The molecule has 0 atom stereocenters. The van der Waals surface area contributed by atoms with Gasteiger partial charge in [-0.1, -0.05) is 20.8 Å². The zero-order valence-electron chi connectivity index (χ0n) is 10.8. The van der Waals surface area contributed by atoms with Crippen molar-refractivity contribution in [1.82, 2.24) is 4.90 Å². The summed E-state index contributed by atoms with van der Waals surface area (Å²) in [5.41, 5.74) is -0.220. The predicted molar refractivity (Wildman–Crippen MR) is 65.3 cm³/mol. The Balaban J connectivity index is 2.30. The molecule has 16 heavy (non-hydrogen) atoms. The van der Waals surface area contributed by atoms with Crippen molar-refractivity contribution in [2.45, 2.75) is 40.0 Å². The summed E-state index contributed by atoms with van der Waals surface area (Å²) in [6.45, 7) is 8.84. The van der Waals surface area contributed by atoms with Crippen molar-refractivity contribution < 1.29 is 9.90 Å². The quantitative estimate of drug-likeness (QED) is 0.794. The van der Waals surface area contributed by atoms with Crippen molar-refractivity contribution in [3.05, 3.63) is 0 Å². The van der Waals surface area contributed by atoms with E-state index in [4.69, 9.17) is 5.11 Å². The number of Topliss-reactive ketones (excluding diaryl/α,β-unsaturated/α-hetero) is 1. The second-order valence-corrected chi connectivity index (χ2v) is 5.90. The smallest absolute Gasteiger partial charge is 0.152 e. The third-order valence-corrected chi connectivity index (χ3v) is 3.45. The first kappa shape index (κ1) is 13.7. The summed E-state index contributed by atoms with van der Waals surface area (Å²) >= 11 is 0. The van der Waals surface area contributed by atoms with Crippen molar-refractivity contribution in [2.24, 2.45) is 11.3 Å². The molecule has 1 aliphatic rings. The van der Waals surface area contributed by atoms with Gasteiger partial charge in [0.2, 0.25) is 0 Å². The fourth-order valence-corrected chi connectivity index (χ4v) is 2.06. The molecule has 1 aliphatic heterocycles. The van der Waals surface area contributed by atoms with Crippen LogP contribution in [0.4, 0.5) is 0 Å². The monoisotopic (exact) mass is 227 g/mol. The van der Waals surface area contributed by atoms with Crippen LogP contribution in [-0.4, -0.2) is 42.0 Å². The molecule has 3 heteroatoms. The normalized spacial score (nSPS) is 20.0. The van der Waals surface area contributed by atoms with Gasteiger partial charge in [-0.15, -0.1) is 0 Å². The average molecular weight is 227 g/mol. The van der Waals surface area contributed by atoms with Gasteiger partial charge in [0, 0.05) is 12.0 Å². The first-order valence-corrected chi connectivity index (χ1v) is 6.30. The van der Waals surface area contributed by atoms with Gasteiger partial charge in [0.1, 0.15) is 0 Å². The number of nitrogens with zero attached hydrogens (tertiary/aromatic N) is 1. The van der Waals surface area contributed by atoms with Crippen LogP contribution in [0.2, 0.25) is 0 Å². The number of hydrogen-bond donors (Lipinski definition) is 1. The lowest BCUT2D eigenvalue weighted by molar-refractivity contribution is -0.127. The summed E-state index contributed by atoms with van der Waals surface area (Å²) < 4.78 is 0. The standard InChI is InChI=1S/C13H25NO2/c1-13(2,3)12(16)10-14-7-4-11(5-8-14)6-9-15/h11,15H,4-10H2,1-3H3. The molecule has 0 bridgehead atoms. The van der Waals surface area contributed by atoms with Gasteiger partial charge in [0.05, 0.1) is 6.54 Å². The maximum Gasteiger partial charge on any atom is 0.152 e. The Hall–Kier alpha value is -0.410. The van der Waals surface area contributed by atoms with Crippen molar-refractivity contribution in [3.63, 3.8) is 0 Å². The fraction of sp³-hybridized carbons (Fsp3) is 0.923. The van der Waals surface area contributed by atoms with E-state index in [-0.39, 0.29) is 5.41 Å². The van der Waals surface area contributed by atoms with Crippen LogP contribution >= 0.6 is 0 Å². The van der Waals surface area contributed by atoms with E-state index < -0.39 is 0 Å². The van der Waals surface area contributed by atoms with E-state index in [1.807, 2.05) is 20.8 Å². The largest absolute Gasteiger partial charge is 0.396 e. The summed E-state index contributed by atoms with van der Waals surface area (Å²) in [6, 6.07) is 0. The molecule has 1 N–H and O–H groups in total. The highest BCUT2D eigenvalue weighted by molar-refractivity contribution is 5.85. The summed E-state index contributed by atoms with van der Waals surface area (Å²) in [7, 11) is 0. The van der Waals surface area contributed by atoms with Gasteiger partial charge in [-0.3, -0.25) is 9.69 Å². The number of piperidine rings is 1. The Kier molecular flexibility index (Phi) is 4.93. The molecule has 1 fully saturated rings. The number of carbonyl (C=O) groups is 1. The van der Waals surface area contributed by atoms with Crippen LogP contribution in [0.5, 0.6) is 0 Å². The van der Waals surface area contributed by atoms with Crippen molar-refractivity contribution in [1.29, 1.82) is 0 Å². The van der Waals surface area contributed by atoms with Crippen LogP contribution in [0.15, 0.2) is 0 Å². The van der Waals surface area contributed by atoms with E-state index in [1.165, 1.54) is 0 Å². The maximum atomic E-state index is 11.9. The fourth-order valence-electron chi connectivity index (χ4n) is 2.06. The highest BCUT2D eigenvalue weighted by Gasteiger charge is 2.26. The summed E-state index contributed by atoms with van der Waals surface area (Å²) in [6.07, 6.45) is 3.16. The molecule has 0 saturated carbocycles. The number of likely N-dealkylation sites (tertiary alicyclic amines) is 1. The van der Waals surface area contributed by atoms with E-state index in [0.717, 1.165) is 32.4 Å². The molecule has 0 aromatic rings. The van der Waals surface area contributed by atoms with E-state index in [1.54, 1.807) is 0 Å². The number of aliphatic hydroxyl groups is 1. The van der Waals surface area contributed by atoms with Crippen LogP contribution < -0.4 is 0 Å². The minimum absolute atomic E-state index is 0.220. The molecule has 0 aromatic heterocycles. The Labute approximate surface area is 98.8 Å². The lowest BCUT2D eigenvalue weighted by atomic mass is 9.89. The van der Waals surface area contributed by atoms with Crippen molar-refractivity contribution in [3.8, 4) is 0 Å². The van der Waals surface area contributed by atoms with Crippen LogP contribution in [0, 0.1) is 11.3 Å². The summed E-state index contributed by atoms with van der Waals surface area (Å²) in [5, 5.41) is 8.87. The minimum Gasteiger partial charge on any atom is -0.396 e. The van der Waals surface area contributed by atoms with Gasteiger partial charge >= 0.3 is 0 Å². The van der Waals surface area contributed by atoms with Crippen molar-refractivity contribution in [2.75, 3.05) is 26.2 Å². The zero-order chi connectivity index (χ0) is 12.2. The van der Waals surface area contributed by atoms with Crippen molar-refractivity contribution >= 4 is 5.78 Å². The molecule has 1 rings (SSSR count). The van der Waals surface area contributed by atoms with Gasteiger partial charge in [-0.2, -0.15) is 0 Å². The maximum absolute atomic E-state index is 11.9. The van der Waals surface area contributed by atoms with Gasteiger partial charge in [0.25, 0.3) is 0 Å². The van der Waals surface area contributed by atoms with Crippen LogP contribution in [0.1, 0.15) is 40.0 Å². The number of aliphatic hydroxyl groups excluding tert-OH is 1. The molecule has 0 unspecified atom stereocenters.